The summed E-state index contributed by atoms with van der Waals surface area (Å²) in [6.07, 6.45) is 1.13. The van der Waals surface area contributed by atoms with Crippen LogP contribution < -0.4 is 15.0 Å². The number of hydrogen-bond donors (Lipinski definition) is 2. The molecule has 6 heteroatoms. The highest BCUT2D eigenvalue weighted by atomic mass is 32.1. The van der Waals surface area contributed by atoms with Crippen LogP contribution in [0.4, 0.5) is 5.00 Å². The van der Waals surface area contributed by atoms with Gasteiger partial charge in [-0.3, -0.25) is 4.79 Å². The van der Waals surface area contributed by atoms with Crippen molar-refractivity contribution >= 4 is 22.2 Å². The molecule has 1 amide bonds. The van der Waals surface area contributed by atoms with E-state index >= 15 is 0 Å². The summed E-state index contributed by atoms with van der Waals surface area (Å²) in [7, 11) is 1.62. The first-order valence-corrected chi connectivity index (χ1v) is 10.8. The zero-order chi connectivity index (χ0) is 20.9. The first-order valence-electron chi connectivity index (χ1n) is 10.0. The first-order chi connectivity index (χ1) is 14.7. The molecular formula is C24H24N3O2S+. The van der Waals surface area contributed by atoms with E-state index in [2.05, 4.69) is 35.7 Å². The molecule has 152 valence electrons. The van der Waals surface area contributed by atoms with Crippen molar-refractivity contribution in [1.29, 1.82) is 5.26 Å². The molecule has 30 heavy (non-hydrogen) atoms. The van der Waals surface area contributed by atoms with Gasteiger partial charge in [-0.2, -0.15) is 5.26 Å². The molecule has 1 aliphatic heterocycles. The number of amides is 1. The van der Waals surface area contributed by atoms with Gasteiger partial charge >= 0.3 is 0 Å². The second-order valence-corrected chi connectivity index (χ2v) is 8.59. The van der Waals surface area contributed by atoms with E-state index in [0.717, 1.165) is 42.9 Å². The fraction of sp³-hybridized carbons (Fsp3) is 0.250. The molecule has 0 saturated carbocycles. The third-order valence-electron chi connectivity index (χ3n) is 5.42. The van der Waals surface area contributed by atoms with E-state index in [1.165, 1.54) is 15.3 Å². The van der Waals surface area contributed by atoms with Crippen LogP contribution in [0.5, 0.6) is 5.75 Å². The Morgan fingerprint density at radius 3 is 2.63 bits per heavy atom. The quantitative estimate of drug-likeness (QED) is 0.647. The van der Waals surface area contributed by atoms with E-state index in [4.69, 9.17) is 4.74 Å². The summed E-state index contributed by atoms with van der Waals surface area (Å²) in [6.45, 7) is 2.85. The number of rotatable bonds is 6. The third kappa shape index (κ3) is 4.54. The van der Waals surface area contributed by atoms with Crippen molar-refractivity contribution in [3.63, 3.8) is 0 Å². The van der Waals surface area contributed by atoms with E-state index in [1.54, 1.807) is 18.4 Å². The SMILES string of the molecule is COc1ccc(CC(=O)Nc2sc3c(c2C#N)CC[NH+](Cc2ccccc2)C3)cc1. The molecule has 1 aliphatic rings. The van der Waals surface area contributed by atoms with Crippen molar-refractivity contribution < 1.29 is 14.4 Å². The van der Waals surface area contributed by atoms with Crippen molar-refractivity contribution in [3.05, 3.63) is 81.7 Å². The van der Waals surface area contributed by atoms with Crippen LogP contribution in [0.25, 0.3) is 0 Å². The summed E-state index contributed by atoms with van der Waals surface area (Å²) >= 11 is 1.55. The Morgan fingerprint density at radius 1 is 1.17 bits per heavy atom. The van der Waals surface area contributed by atoms with Gasteiger partial charge < -0.3 is 15.0 Å². The molecule has 0 spiro atoms. The Bertz CT molecular complexity index is 1070. The first kappa shape index (κ1) is 20.1. The predicted octanol–water partition coefficient (Wildman–Crippen LogP) is 2.95. The van der Waals surface area contributed by atoms with E-state index in [-0.39, 0.29) is 12.3 Å². The largest absolute Gasteiger partial charge is 0.497 e. The lowest BCUT2D eigenvalue weighted by molar-refractivity contribution is -0.929. The van der Waals surface area contributed by atoms with Gasteiger partial charge in [0.25, 0.3) is 0 Å². The Hall–Kier alpha value is -3.14. The zero-order valence-corrected chi connectivity index (χ0v) is 17.7. The minimum absolute atomic E-state index is 0.108. The number of thiophene rings is 1. The number of quaternary nitrogens is 1. The van der Waals surface area contributed by atoms with E-state index in [1.807, 2.05) is 30.3 Å². The number of hydrogen-bond acceptors (Lipinski definition) is 4. The molecule has 0 saturated heterocycles. The molecule has 1 unspecified atom stereocenters. The number of benzene rings is 2. The molecule has 4 rings (SSSR count). The van der Waals surface area contributed by atoms with Crippen molar-refractivity contribution in [2.45, 2.75) is 25.9 Å². The lowest BCUT2D eigenvalue weighted by Gasteiger charge is -2.23. The molecule has 0 aliphatic carbocycles. The zero-order valence-electron chi connectivity index (χ0n) is 16.9. The van der Waals surface area contributed by atoms with Gasteiger partial charge in [-0.05, 0) is 23.3 Å². The molecule has 2 aromatic carbocycles. The molecule has 3 aromatic rings. The number of nitrogens with zero attached hydrogens (tertiary/aromatic N) is 1. The van der Waals surface area contributed by atoms with Crippen molar-refractivity contribution in [2.75, 3.05) is 19.0 Å². The summed E-state index contributed by atoms with van der Waals surface area (Å²) < 4.78 is 5.16. The van der Waals surface area contributed by atoms with E-state index in [0.29, 0.717) is 10.6 Å². The number of nitriles is 1. The predicted molar refractivity (Wildman–Crippen MR) is 118 cm³/mol. The molecule has 1 atom stereocenters. The van der Waals surface area contributed by atoms with Crippen LogP contribution >= 0.6 is 11.3 Å². The van der Waals surface area contributed by atoms with Crippen LogP contribution in [0.2, 0.25) is 0 Å². The van der Waals surface area contributed by atoms with Gasteiger partial charge in [0, 0.05) is 12.0 Å². The van der Waals surface area contributed by atoms with Gasteiger partial charge in [-0.15, -0.1) is 11.3 Å². The van der Waals surface area contributed by atoms with Crippen LogP contribution in [-0.4, -0.2) is 19.6 Å². The number of carbonyl (C=O) groups is 1. The average Bonchev–Trinajstić information content (AvgIpc) is 3.10. The number of methoxy groups -OCH3 is 1. The topological polar surface area (TPSA) is 66.6 Å². The molecule has 0 radical (unpaired) electrons. The standard InChI is InChI=1S/C24H23N3O2S/c1-29-19-9-7-17(8-10-19)13-23(28)26-24-21(14-25)20-11-12-27(16-22(20)30-24)15-18-5-3-2-4-6-18/h2-10H,11-13,15-16H2,1H3,(H,26,28)/p+1. The van der Waals surface area contributed by atoms with E-state index < -0.39 is 0 Å². The average molecular weight is 419 g/mol. The minimum Gasteiger partial charge on any atom is -0.497 e. The normalized spacial score (nSPS) is 15.1. The Labute approximate surface area is 180 Å². The molecular weight excluding hydrogens is 394 g/mol. The highest BCUT2D eigenvalue weighted by Gasteiger charge is 2.27. The number of fused-ring (bicyclic) bond motifs is 1. The second kappa shape index (κ2) is 9.12. The second-order valence-electron chi connectivity index (χ2n) is 7.48. The number of nitrogens with one attached hydrogen (secondary N) is 2. The monoisotopic (exact) mass is 418 g/mol. The van der Waals surface area contributed by atoms with Crippen LogP contribution in [0.1, 0.15) is 27.1 Å². The third-order valence-corrected chi connectivity index (χ3v) is 6.56. The lowest BCUT2D eigenvalue weighted by Crippen LogP contribution is -3.10. The smallest absolute Gasteiger partial charge is 0.229 e. The molecule has 0 bridgehead atoms. The Morgan fingerprint density at radius 2 is 1.93 bits per heavy atom. The fourth-order valence-corrected chi connectivity index (χ4v) is 5.16. The summed E-state index contributed by atoms with van der Waals surface area (Å²) in [5.74, 6) is 0.656. The number of carbonyl (C=O) groups excluding carboxylic acids is 1. The van der Waals surface area contributed by atoms with Crippen LogP contribution in [0, 0.1) is 11.3 Å². The molecule has 1 aromatic heterocycles. The molecule has 2 N–H and O–H groups in total. The lowest BCUT2D eigenvalue weighted by atomic mass is 10.0. The van der Waals surface area contributed by atoms with E-state index in [9.17, 15) is 10.1 Å². The van der Waals surface area contributed by atoms with Crippen molar-refractivity contribution in [2.24, 2.45) is 0 Å². The van der Waals surface area contributed by atoms with Crippen LogP contribution in [0.3, 0.4) is 0 Å². The van der Waals surface area contributed by atoms with Gasteiger partial charge in [-0.25, -0.2) is 0 Å². The Balaban J connectivity index is 1.44. The number of anilines is 1. The maximum atomic E-state index is 12.6. The summed E-state index contributed by atoms with van der Waals surface area (Å²) in [6, 6.07) is 20.3. The molecule has 5 nitrogen and oxygen atoms in total. The van der Waals surface area contributed by atoms with Gasteiger partial charge in [0.05, 0.1) is 30.5 Å². The van der Waals surface area contributed by atoms with Gasteiger partial charge in [-0.1, -0.05) is 42.5 Å². The maximum absolute atomic E-state index is 12.6. The molecule has 2 heterocycles. The summed E-state index contributed by atoms with van der Waals surface area (Å²) in [5, 5.41) is 13.4. The minimum atomic E-state index is -0.108. The van der Waals surface area contributed by atoms with Gasteiger partial charge in [0.2, 0.25) is 5.91 Å². The van der Waals surface area contributed by atoms with Crippen LogP contribution in [-0.2, 0) is 30.7 Å². The van der Waals surface area contributed by atoms with Gasteiger partial charge in [0.1, 0.15) is 29.9 Å². The highest BCUT2D eigenvalue weighted by molar-refractivity contribution is 7.16. The number of ether oxygens (including phenoxy) is 1. The maximum Gasteiger partial charge on any atom is 0.229 e. The summed E-state index contributed by atoms with van der Waals surface area (Å²) in [4.78, 5) is 15.3. The van der Waals surface area contributed by atoms with Crippen LogP contribution in [0.15, 0.2) is 54.6 Å². The van der Waals surface area contributed by atoms with Gasteiger partial charge in [0.15, 0.2) is 0 Å². The molecule has 0 fully saturated rings. The Kier molecular flexibility index (Phi) is 6.12. The van der Waals surface area contributed by atoms with Crippen molar-refractivity contribution in [1.82, 2.24) is 0 Å². The highest BCUT2D eigenvalue weighted by Crippen LogP contribution is 2.34. The van der Waals surface area contributed by atoms with Crippen molar-refractivity contribution in [3.8, 4) is 11.8 Å². The summed E-state index contributed by atoms with van der Waals surface area (Å²) in [5.41, 5.74) is 3.98. The fourth-order valence-electron chi connectivity index (χ4n) is 3.88.